The highest BCUT2D eigenvalue weighted by Gasteiger charge is 2.28. The Labute approximate surface area is 292 Å². The van der Waals surface area contributed by atoms with E-state index in [1.54, 1.807) is 36.6 Å². The third-order valence-corrected chi connectivity index (χ3v) is 10.7. The quantitative estimate of drug-likeness (QED) is 0.150. The number of nitriles is 1. The van der Waals surface area contributed by atoms with Gasteiger partial charge in [-0.3, -0.25) is 13.8 Å². The van der Waals surface area contributed by atoms with Gasteiger partial charge in [-0.2, -0.15) is 5.26 Å². The molecule has 4 aromatic rings. The molecule has 1 aliphatic rings. The van der Waals surface area contributed by atoms with Crippen molar-refractivity contribution < 1.29 is 22.9 Å². The van der Waals surface area contributed by atoms with E-state index < -0.39 is 16.8 Å². The number of fused-ring (bicyclic) bond motifs is 1. The molecule has 48 heavy (non-hydrogen) atoms. The first-order valence-corrected chi connectivity index (χ1v) is 18.0. The van der Waals surface area contributed by atoms with Gasteiger partial charge in [0, 0.05) is 29.2 Å². The van der Waals surface area contributed by atoms with Crippen molar-refractivity contribution in [3.63, 3.8) is 0 Å². The summed E-state index contributed by atoms with van der Waals surface area (Å²) in [5.41, 5.74) is 2.49. The van der Waals surface area contributed by atoms with E-state index >= 15 is 0 Å². The monoisotopic (exact) mass is 707 g/mol. The Balaban J connectivity index is 1.39. The molecular weight excluding hydrogens is 672 g/mol. The summed E-state index contributed by atoms with van der Waals surface area (Å²) in [6.07, 6.45) is 3.89. The molecule has 2 atom stereocenters. The number of rotatable bonds is 11. The zero-order chi connectivity index (χ0) is 34.4. The molecule has 0 aromatic heterocycles. The average molecular weight is 709 g/mol. The van der Waals surface area contributed by atoms with Gasteiger partial charge in [0.15, 0.2) is 0 Å². The zero-order valence-electron chi connectivity index (χ0n) is 26.8. The molecule has 0 aliphatic carbocycles. The fourth-order valence-electron chi connectivity index (χ4n) is 6.46. The molecule has 1 fully saturated rings. The van der Waals surface area contributed by atoms with Crippen molar-refractivity contribution in [3.8, 4) is 6.07 Å². The largest absolute Gasteiger partial charge is 0.468 e. The number of ether oxygens (including phenoxy) is 1. The van der Waals surface area contributed by atoms with Crippen LogP contribution in [-0.2, 0) is 20.3 Å². The Bertz CT molecular complexity index is 1890. The van der Waals surface area contributed by atoms with Gasteiger partial charge in [0.1, 0.15) is 12.4 Å². The first-order valence-electron chi connectivity index (χ1n) is 15.7. The molecule has 1 aliphatic heterocycles. The maximum Gasteiger partial charge on any atom is 0.325 e. The Morgan fingerprint density at radius 3 is 2.50 bits per heavy atom. The molecule has 0 radical (unpaired) electrons. The molecule has 250 valence electrons. The number of piperidine rings is 1. The third-order valence-electron chi connectivity index (χ3n) is 9.02. The number of nitrogens with zero attached hydrogens (tertiary/aromatic N) is 3. The van der Waals surface area contributed by atoms with E-state index in [-0.39, 0.29) is 36.6 Å². The number of hydrogen-bond acceptors (Lipinski definition) is 6. The summed E-state index contributed by atoms with van der Waals surface area (Å²) in [5.74, 6) is -1.38. The van der Waals surface area contributed by atoms with Crippen LogP contribution in [0.2, 0.25) is 10.0 Å². The average Bonchev–Trinajstić information content (AvgIpc) is 3.10. The van der Waals surface area contributed by atoms with Crippen LogP contribution >= 0.6 is 23.2 Å². The van der Waals surface area contributed by atoms with Crippen molar-refractivity contribution in [1.82, 2.24) is 9.80 Å². The molecule has 5 rings (SSSR count). The van der Waals surface area contributed by atoms with Crippen molar-refractivity contribution in [3.05, 3.63) is 111 Å². The minimum Gasteiger partial charge on any atom is -0.468 e. The summed E-state index contributed by atoms with van der Waals surface area (Å²) in [5, 5.41) is 11.9. The Morgan fingerprint density at radius 2 is 1.81 bits per heavy atom. The minimum absolute atomic E-state index is 0.179. The van der Waals surface area contributed by atoms with Crippen LogP contribution in [0.1, 0.15) is 58.1 Å². The lowest BCUT2D eigenvalue weighted by molar-refractivity contribution is -0.141. The van der Waals surface area contributed by atoms with Gasteiger partial charge in [0.05, 0.1) is 39.6 Å². The number of likely N-dealkylation sites (tertiary alicyclic amines) is 1. The number of methoxy groups -OCH3 is 1. The predicted octanol–water partition coefficient (Wildman–Crippen LogP) is 7.56. The molecule has 7 nitrogen and oxygen atoms in total. The highest BCUT2D eigenvalue weighted by Crippen LogP contribution is 2.34. The van der Waals surface area contributed by atoms with E-state index in [0.717, 1.165) is 42.4 Å². The number of benzene rings is 4. The van der Waals surface area contributed by atoms with Crippen LogP contribution < -0.4 is 0 Å². The first-order chi connectivity index (χ1) is 23.1. The van der Waals surface area contributed by atoms with Crippen LogP contribution in [0.25, 0.3) is 10.8 Å². The van der Waals surface area contributed by atoms with E-state index in [9.17, 15) is 23.5 Å². The van der Waals surface area contributed by atoms with E-state index in [2.05, 4.69) is 11.0 Å². The van der Waals surface area contributed by atoms with Crippen molar-refractivity contribution in [2.24, 2.45) is 0 Å². The fourth-order valence-corrected chi connectivity index (χ4v) is 7.61. The third kappa shape index (κ3) is 8.42. The van der Waals surface area contributed by atoms with Gasteiger partial charge < -0.3 is 14.5 Å². The molecule has 4 aromatic carbocycles. The maximum atomic E-state index is 14.2. The van der Waals surface area contributed by atoms with Crippen LogP contribution in [0, 0.1) is 17.1 Å². The minimum atomic E-state index is -1.29. The van der Waals surface area contributed by atoms with E-state index in [1.807, 2.05) is 30.3 Å². The summed E-state index contributed by atoms with van der Waals surface area (Å²) < 4.78 is 31.2. The molecule has 1 amide bonds. The maximum absolute atomic E-state index is 14.2. The van der Waals surface area contributed by atoms with Crippen LogP contribution in [0.15, 0.2) is 77.7 Å². The summed E-state index contributed by atoms with van der Waals surface area (Å²) in [6.45, 7) is 2.21. The second kappa shape index (κ2) is 16.1. The van der Waals surface area contributed by atoms with Crippen molar-refractivity contribution in [2.45, 2.75) is 36.0 Å². The smallest absolute Gasteiger partial charge is 0.325 e. The normalized spacial score (nSPS) is 15.1. The number of hydrogen-bond donors (Lipinski definition) is 0. The van der Waals surface area contributed by atoms with Crippen molar-refractivity contribution >= 4 is 56.7 Å². The van der Waals surface area contributed by atoms with E-state index in [1.165, 1.54) is 24.1 Å². The van der Waals surface area contributed by atoms with Crippen LogP contribution in [-0.4, -0.2) is 72.0 Å². The number of amides is 1. The molecule has 11 heteroatoms. The Hall–Kier alpha value is -3.81. The van der Waals surface area contributed by atoms with E-state index in [4.69, 9.17) is 27.9 Å². The van der Waals surface area contributed by atoms with Crippen molar-refractivity contribution in [2.75, 3.05) is 46.1 Å². The summed E-state index contributed by atoms with van der Waals surface area (Å²) in [6, 6.07) is 22.8. The van der Waals surface area contributed by atoms with Crippen molar-refractivity contribution in [1.29, 1.82) is 5.26 Å². The SMILES string of the molecule is COC(=O)CN(C[C@@H](CCN1CCC(c2ccc(F)cc2[S@@](C)=O)CC1)c1ccc(Cl)c(Cl)c1)C(=O)c1cc(C#N)cc2ccccc12. The molecule has 0 bridgehead atoms. The molecular formula is C37H36Cl2FN3O4S. The standard InChI is InChI=1S/C37H36Cl2FN3O4S/c1-47-36(44)23-43(37(45)32-18-24(21-41)17-27-5-3-4-6-30(27)32)22-28(26-7-10-33(38)34(39)19-26)13-16-42-14-11-25(12-15-42)31-9-8-29(40)20-35(31)48(2)46/h3-10,17-20,25,28H,11-16,22-23H2,1-2H3/t28-,48-/m1/s1. The van der Waals surface area contributed by atoms with Crippen LogP contribution in [0.5, 0.6) is 0 Å². The van der Waals surface area contributed by atoms with Gasteiger partial charge in [0.2, 0.25) is 0 Å². The molecule has 0 unspecified atom stereocenters. The predicted molar refractivity (Wildman–Crippen MR) is 188 cm³/mol. The lowest BCUT2D eigenvalue weighted by Gasteiger charge is -2.34. The molecule has 1 saturated heterocycles. The molecule has 1 heterocycles. The van der Waals surface area contributed by atoms with Gasteiger partial charge in [-0.15, -0.1) is 0 Å². The lowest BCUT2D eigenvalue weighted by atomic mass is 9.88. The Morgan fingerprint density at radius 1 is 1.06 bits per heavy atom. The topological polar surface area (TPSA) is 90.7 Å². The summed E-state index contributed by atoms with van der Waals surface area (Å²) in [4.78, 5) is 31.3. The van der Waals surface area contributed by atoms with E-state index in [0.29, 0.717) is 44.4 Å². The highest BCUT2D eigenvalue weighted by molar-refractivity contribution is 7.84. The zero-order valence-corrected chi connectivity index (χ0v) is 29.1. The molecule has 0 spiro atoms. The van der Waals surface area contributed by atoms with Gasteiger partial charge in [-0.25, -0.2) is 4.39 Å². The molecule has 0 N–H and O–H groups in total. The summed E-state index contributed by atoms with van der Waals surface area (Å²) >= 11 is 12.7. The number of halogens is 3. The number of carbonyl (C=O) groups is 2. The lowest BCUT2D eigenvalue weighted by Crippen LogP contribution is -2.40. The fraction of sp³-hybridized carbons (Fsp3) is 0.324. The number of carbonyl (C=O) groups excluding carboxylic acids is 2. The Kier molecular flexibility index (Phi) is 11.9. The van der Waals surface area contributed by atoms with Crippen LogP contribution in [0.3, 0.4) is 0 Å². The highest BCUT2D eigenvalue weighted by atomic mass is 35.5. The van der Waals surface area contributed by atoms with Gasteiger partial charge >= 0.3 is 5.97 Å². The first kappa shape index (κ1) is 35.5. The number of esters is 1. The van der Waals surface area contributed by atoms with Gasteiger partial charge in [-0.1, -0.05) is 59.6 Å². The molecule has 0 saturated carbocycles. The van der Waals surface area contributed by atoms with Gasteiger partial charge in [-0.05, 0) is 103 Å². The van der Waals surface area contributed by atoms with Gasteiger partial charge in [0.25, 0.3) is 5.91 Å². The summed E-state index contributed by atoms with van der Waals surface area (Å²) in [7, 11) is -0.00794. The second-order valence-electron chi connectivity index (χ2n) is 12.0. The second-order valence-corrected chi connectivity index (χ2v) is 14.2. The van der Waals surface area contributed by atoms with Crippen LogP contribution in [0.4, 0.5) is 4.39 Å².